The molecular formula is C23H15F3N3NaO3S. The fourth-order valence-corrected chi connectivity index (χ4v) is 4.06. The predicted molar refractivity (Wildman–Crippen MR) is 117 cm³/mol. The molecule has 168 valence electrons. The fraction of sp³-hybridized carbons (Fsp3) is 0.0435. The van der Waals surface area contributed by atoms with E-state index in [-0.39, 0.29) is 46.0 Å². The molecule has 1 N–H and O–H groups in total. The van der Waals surface area contributed by atoms with Gasteiger partial charge in [0.2, 0.25) is 0 Å². The number of anilines is 2. The second-order valence-corrected chi connectivity index (χ2v) is 8.32. The van der Waals surface area contributed by atoms with Crippen molar-refractivity contribution in [3.63, 3.8) is 0 Å². The van der Waals surface area contributed by atoms with Gasteiger partial charge in [0.1, 0.15) is 10.1 Å². The number of fused-ring (bicyclic) bond motifs is 1. The fourth-order valence-electron chi connectivity index (χ4n) is 3.34. The van der Waals surface area contributed by atoms with Crippen molar-refractivity contribution in [3.8, 4) is 0 Å². The maximum atomic E-state index is 13.3. The average molecular weight is 493 g/mol. The molecule has 0 atom stereocenters. The molecule has 0 aliphatic heterocycles. The molecule has 34 heavy (non-hydrogen) atoms. The van der Waals surface area contributed by atoms with Gasteiger partial charge in [-0.05, 0) is 42.5 Å². The number of nitrogens with one attached hydrogen (secondary N) is 1. The number of rotatable bonds is 5. The Morgan fingerprint density at radius 1 is 0.765 bits per heavy atom. The van der Waals surface area contributed by atoms with E-state index in [1.54, 1.807) is 30.3 Å². The summed E-state index contributed by atoms with van der Waals surface area (Å²) in [6.07, 6.45) is -4.62. The number of azo groups is 1. The van der Waals surface area contributed by atoms with Gasteiger partial charge < -0.3 is 9.87 Å². The van der Waals surface area contributed by atoms with Crippen molar-refractivity contribution in [2.75, 3.05) is 5.32 Å². The molecule has 0 unspecified atom stereocenters. The van der Waals surface area contributed by atoms with Crippen molar-refractivity contribution in [1.29, 1.82) is 0 Å². The van der Waals surface area contributed by atoms with Gasteiger partial charge in [-0.25, -0.2) is 8.42 Å². The number of hydrogen-bond acceptors (Lipinski definition) is 6. The van der Waals surface area contributed by atoms with Crippen LogP contribution < -0.4 is 34.9 Å². The molecule has 0 amide bonds. The summed E-state index contributed by atoms with van der Waals surface area (Å²) < 4.78 is 75.6. The maximum Gasteiger partial charge on any atom is 1.00 e. The van der Waals surface area contributed by atoms with Crippen LogP contribution in [0.15, 0.2) is 100 Å². The number of halogens is 3. The Bertz CT molecular complexity index is 1460. The van der Waals surface area contributed by atoms with E-state index in [9.17, 15) is 26.1 Å². The monoisotopic (exact) mass is 493 g/mol. The van der Waals surface area contributed by atoms with Gasteiger partial charge >= 0.3 is 35.7 Å². The van der Waals surface area contributed by atoms with E-state index in [1.807, 2.05) is 0 Å². The summed E-state index contributed by atoms with van der Waals surface area (Å²) in [6.45, 7) is 0. The number of benzene rings is 4. The molecule has 0 saturated carbocycles. The van der Waals surface area contributed by atoms with Crippen LogP contribution >= 0.6 is 0 Å². The Kier molecular flexibility index (Phi) is 7.79. The first-order valence-corrected chi connectivity index (χ1v) is 11.0. The van der Waals surface area contributed by atoms with Crippen LogP contribution in [0.1, 0.15) is 5.56 Å². The molecule has 6 nitrogen and oxygen atoms in total. The Morgan fingerprint density at radius 3 is 2.09 bits per heavy atom. The summed E-state index contributed by atoms with van der Waals surface area (Å²) in [7, 11) is -4.87. The molecule has 4 aromatic carbocycles. The van der Waals surface area contributed by atoms with Crippen LogP contribution in [-0.4, -0.2) is 13.0 Å². The van der Waals surface area contributed by atoms with Crippen LogP contribution in [0.25, 0.3) is 10.8 Å². The summed E-state index contributed by atoms with van der Waals surface area (Å²) in [5, 5.41) is 11.1. The zero-order valence-electron chi connectivity index (χ0n) is 17.7. The zero-order valence-corrected chi connectivity index (χ0v) is 20.6. The van der Waals surface area contributed by atoms with E-state index >= 15 is 0 Å². The first kappa shape index (κ1) is 25.9. The Hall–Kier alpha value is -2.76. The van der Waals surface area contributed by atoms with Crippen molar-refractivity contribution >= 4 is 43.6 Å². The minimum absolute atomic E-state index is 0. The predicted octanol–water partition coefficient (Wildman–Crippen LogP) is 3.93. The number of nitrogens with zero attached hydrogens (tertiary/aromatic N) is 2. The molecule has 0 radical (unpaired) electrons. The minimum atomic E-state index is -4.87. The molecule has 0 aromatic heterocycles. The first-order valence-electron chi connectivity index (χ1n) is 9.56. The van der Waals surface area contributed by atoms with Gasteiger partial charge in [-0.15, -0.1) is 10.2 Å². The smallest absolute Gasteiger partial charge is 0.744 e. The van der Waals surface area contributed by atoms with Crippen LogP contribution in [0, 0.1) is 0 Å². The van der Waals surface area contributed by atoms with Crippen molar-refractivity contribution in [3.05, 3.63) is 90.5 Å². The van der Waals surface area contributed by atoms with E-state index < -0.39 is 32.4 Å². The summed E-state index contributed by atoms with van der Waals surface area (Å²) in [4.78, 5) is -0.480. The first-order chi connectivity index (χ1) is 15.6. The SMILES string of the molecule is O=S(=O)([O-])c1cccc2c(N=Nc3ccccc3C(F)(F)F)ccc(Nc3ccccc3)c12.[Na+]. The van der Waals surface area contributed by atoms with Crippen LogP contribution in [0.4, 0.5) is 35.9 Å². The third kappa shape index (κ3) is 5.65. The Morgan fingerprint density at radius 2 is 1.41 bits per heavy atom. The van der Waals surface area contributed by atoms with E-state index in [2.05, 4.69) is 15.5 Å². The van der Waals surface area contributed by atoms with Gasteiger partial charge in [0.15, 0.2) is 0 Å². The van der Waals surface area contributed by atoms with Gasteiger partial charge in [-0.3, -0.25) is 0 Å². The van der Waals surface area contributed by atoms with Gasteiger partial charge in [0, 0.05) is 22.1 Å². The molecule has 0 aliphatic carbocycles. The van der Waals surface area contributed by atoms with Gasteiger partial charge in [0.05, 0.1) is 21.8 Å². The van der Waals surface area contributed by atoms with Crippen molar-refractivity contribution in [1.82, 2.24) is 0 Å². The van der Waals surface area contributed by atoms with Crippen LogP contribution in [-0.2, 0) is 16.3 Å². The molecule has 4 rings (SSSR count). The van der Waals surface area contributed by atoms with Crippen molar-refractivity contribution in [2.24, 2.45) is 10.2 Å². The van der Waals surface area contributed by atoms with Gasteiger partial charge in [0.25, 0.3) is 0 Å². The van der Waals surface area contributed by atoms with Crippen LogP contribution in [0.5, 0.6) is 0 Å². The third-order valence-corrected chi connectivity index (χ3v) is 5.66. The van der Waals surface area contributed by atoms with E-state index in [4.69, 9.17) is 0 Å². The number of hydrogen-bond donors (Lipinski definition) is 1. The largest absolute Gasteiger partial charge is 1.00 e. The zero-order chi connectivity index (χ0) is 23.6. The molecule has 0 fully saturated rings. The number of para-hydroxylation sites is 1. The molecular weight excluding hydrogens is 478 g/mol. The summed E-state index contributed by atoms with van der Waals surface area (Å²) in [6, 6.07) is 20.6. The molecule has 0 saturated heterocycles. The standard InChI is InChI=1S/C23H16F3N3O3S.Na/c24-23(25,26)17-10-4-5-11-19(17)29-28-18-13-14-20(27-15-7-2-1-3-8-15)22-16(18)9-6-12-21(22)33(30,31)32;/h1-14,27H,(H,30,31,32);/q;+1/p-1. The Labute approximate surface area is 215 Å². The van der Waals surface area contributed by atoms with Gasteiger partial charge in [-0.2, -0.15) is 13.2 Å². The van der Waals surface area contributed by atoms with E-state index in [0.29, 0.717) is 11.4 Å². The van der Waals surface area contributed by atoms with Crippen molar-refractivity contribution in [2.45, 2.75) is 11.1 Å². The molecule has 0 heterocycles. The maximum absolute atomic E-state index is 13.3. The molecule has 0 bridgehead atoms. The topological polar surface area (TPSA) is 94.0 Å². The quantitative estimate of drug-likeness (QED) is 0.259. The van der Waals surface area contributed by atoms with Crippen LogP contribution in [0.2, 0.25) is 0 Å². The van der Waals surface area contributed by atoms with Gasteiger partial charge in [-0.1, -0.05) is 42.5 Å². The molecule has 0 aliphatic rings. The normalized spacial score (nSPS) is 12.0. The van der Waals surface area contributed by atoms with E-state index in [1.165, 1.54) is 48.5 Å². The summed E-state index contributed by atoms with van der Waals surface area (Å²) >= 11 is 0. The second kappa shape index (κ2) is 10.2. The molecule has 4 aromatic rings. The molecule has 11 heteroatoms. The summed E-state index contributed by atoms with van der Waals surface area (Å²) in [5.74, 6) is 0. The van der Waals surface area contributed by atoms with Crippen LogP contribution in [0.3, 0.4) is 0 Å². The van der Waals surface area contributed by atoms with E-state index in [0.717, 1.165) is 6.07 Å². The second-order valence-electron chi connectivity index (χ2n) is 6.97. The van der Waals surface area contributed by atoms with Crippen molar-refractivity contribution < 1.29 is 55.7 Å². The minimum Gasteiger partial charge on any atom is -0.744 e. The molecule has 0 spiro atoms. The summed E-state index contributed by atoms with van der Waals surface area (Å²) in [5.41, 5.74) is -0.280. The third-order valence-electron chi connectivity index (χ3n) is 4.78. The number of alkyl halides is 3. The average Bonchev–Trinajstić information content (AvgIpc) is 2.78. The Balaban J connectivity index is 0.00000324.